The molecule has 6 heterocycles. The Balaban J connectivity index is 1.27. The second kappa shape index (κ2) is 7.51. The smallest absolute Gasteiger partial charge is 0.206 e. The molecule has 4 saturated heterocycles. The fourth-order valence-corrected chi connectivity index (χ4v) is 5.83. The molecule has 0 amide bonds. The van der Waals surface area contributed by atoms with Crippen LogP contribution >= 0.6 is 11.6 Å². The first-order valence-corrected chi connectivity index (χ1v) is 11.5. The number of aromatic nitrogens is 3. The highest BCUT2D eigenvalue weighted by molar-refractivity contribution is 6.30. The van der Waals surface area contributed by atoms with E-state index in [1.807, 2.05) is 6.07 Å². The van der Waals surface area contributed by atoms with E-state index in [1.54, 1.807) is 0 Å². The van der Waals surface area contributed by atoms with Crippen molar-refractivity contribution in [3.8, 4) is 0 Å². The topological polar surface area (TPSA) is 58.9 Å². The number of ether oxygens (including phenoxy) is 2. The van der Waals surface area contributed by atoms with Gasteiger partial charge in [-0.3, -0.25) is 4.90 Å². The van der Waals surface area contributed by atoms with E-state index >= 15 is 0 Å². The van der Waals surface area contributed by atoms with Crippen LogP contribution in [-0.2, 0) is 16.5 Å². The molecule has 0 N–H and O–H groups in total. The SMILES string of the molecule is Cn1c(N2CCC(N3CCOCC3)CC2)nc2c(N3C[C@H]4C[C@@H]3CO4)nc(Cl)cc21. The van der Waals surface area contributed by atoms with Crippen LogP contribution in [0.5, 0.6) is 0 Å². The molecule has 9 heteroatoms. The van der Waals surface area contributed by atoms with Gasteiger partial charge in [-0.1, -0.05) is 11.6 Å². The first-order chi connectivity index (χ1) is 14.7. The molecule has 162 valence electrons. The third kappa shape index (κ3) is 3.16. The number of fused-ring (bicyclic) bond motifs is 3. The fraction of sp³-hybridized carbons (Fsp3) is 0.714. The Bertz CT molecular complexity index is 937. The molecule has 0 spiro atoms. The zero-order chi connectivity index (χ0) is 20.2. The molecule has 30 heavy (non-hydrogen) atoms. The molecule has 0 radical (unpaired) electrons. The molecule has 4 aliphatic rings. The number of hydrogen-bond donors (Lipinski definition) is 0. The number of pyridine rings is 1. The Hall–Kier alpha value is -1.61. The summed E-state index contributed by atoms with van der Waals surface area (Å²) in [6.45, 7) is 7.56. The monoisotopic (exact) mass is 432 g/mol. The molecule has 0 aromatic carbocycles. The van der Waals surface area contributed by atoms with Gasteiger partial charge in [-0.15, -0.1) is 0 Å². The summed E-state index contributed by atoms with van der Waals surface area (Å²) in [6, 6.07) is 2.99. The van der Waals surface area contributed by atoms with Crippen LogP contribution in [0, 0.1) is 0 Å². The van der Waals surface area contributed by atoms with Crippen LogP contribution in [0.2, 0.25) is 5.15 Å². The van der Waals surface area contributed by atoms with Crippen molar-refractivity contribution in [1.82, 2.24) is 19.4 Å². The molecule has 0 unspecified atom stereocenters. The predicted molar refractivity (Wildman–Crippen MR) is 117 cm³/mol. The van der Waals surface area contributed by atoms with Crippen LogP contribution in [0.15, 0.2) is 6.07 Å². The summed E-state index contributed by atoms with van der Waals surface area (Å²) in [5.74, 6) is 1.94. The number of nitrogens with zero attached hydrogens (tertiary/aromatic N) is 6. The van der Waals surface area contributed by atoms with Crippen molar-refractivity contribution in [1.29, 1.82) is 0 Å². The summed E-state index contributed by atoms with van der Waals surface area (Å²) >= 11 is 6.44. The fourth-order valence-electron chi connectivity index (χ4n) is 5.64. The maximum atomic E-state index is 6.44. The number of piperidine rings is 1. The van der Waals surface area contributed by atoms with Gasteiger partial charge in [0.25, 0.3) is 0 Å². The normalized spacial score (nSPS) is 28.2. The third-order valence-electron chi connectivity index (χ3n) is 7.28. The summed E-state index contributed by atoms with van der Waals surface area (Å²) in [4.78, 5) is 17.2. The highest BCUT2D eigenvalue weighted by Crippen LogP contribution is 2.37. The van der Waals surface area contributed by atoms with Gasteiger partial charge in [-0.2, -0.15) is 0 Å². The van der Waals surface area contributed by atoms with E-state index in [0.717, 1.165) is 81.8 Å². The van der Waals surface area contributed by atoms with Crippen molar-refractivity contribution in [3.63, 3.8) is 0 Å². The van der Waals surface area contributed by atoms with E-state index in [0.29, 0.717) is 23.3 Å². The van der Waals surface area contributed by atoms with E-state index in [-0.39, 0.29) is 0 Å². The number of hydrogen-bond acceptors (Lipinski definition) is 7. The Morgan fingerprint density at radius 1 is 1.07 bits per heavy atom. The van der Waals surface area contributed by atoms with E-state index in [4.69, 9.17) is 31.0 Å². The van der Waals surface area contributed by atoms with Crippen molar-refractivity contribution < 1.29 is 9.47 Å². The molecule has 2 aromatic rings. The lowest BCUT2D eigenvalue weighted by Gasteiger charge is -2.40. The highest BCUT2D eigenvalue weighted by Gasteiger charge is 2.41. The van der Waals surface area contributed by atoms with Gasteiger partial charge < -0.3 is 23.8 Å². The van der Waals surface area contributed by atoms with Gasteiger partial charge in [0, 0.05) is 51.9 Å². The Kier molecular flexibility index (Phi) is 4.78. The lowest BCUT2D eigenvalue weighted by molar-refractivity contribution is 0.0114. The largest absolute Gasteiger partial charge is 0.379 e. The van der Waals surface area contributed by atoms with Crippen LogP contribution in [0.4, 0.5) is 11.8 Å². The standard InChI is InChI=1S/C21H29ClN6O2/c1-25-17-11-18(22)23-20(28-12-16-10-15(28)13-30-16)19(17)24-21(25)27-4-2-14(3-5-27)26-6-8-29-9-7-26/h11,14-16H,2-10,12-13H2,1H3/t15-,16-/m1/s1. The van der Waals surface area contributed by atoms with Gasteiger partial charge in [0.2, 0.25) is 5.95 Å². The van der Waals surface area contributed by atoms with E-state index in [1.165, 1.54) is 12.8 Å². The van der Waals surface area contributed by atoms with Gasteiger partial charge in [-0.05, 0) is 19.3 Å². The number of halogens is 1. The van der Waals surface area contributed by atoms with E-state index < -0.39 is 0 Å². The molecule has 6 rings (SSSR count). The molecular weight excluding hydrogens is 404 g/mol. The maximum Gasteiger partial charge on any atom is 0.206 e. The summed E-state index contributed by atoms with van der Waals surface area (Å²) in [7, 11) is 2.10. The van der Waals surface area contributed by atoms with Crippen LogP contribution in [0.3, 0.4) is 0 Å². The quantitative estimate of drug-likeness (QED) is 0.686. The molecule has 8 nitrogen and oxygen atoms in total. The molecule has 2 atom stereocenters. The molecule has 4 aliphatic heterocycles. The molecular formula is C21H29ClN6O2. The van der Waals surface area contributed by atoms with Crippen molar-refractivity contribution in [3.05, 3.63) is 11.2 Å². The number of aryl methyl sites for hydroxylation is 1. The van der Waals surface area contributed by atoms with Gasteiger partial charge in [0.05, 0.1) is 37.5 Å². The Morgan fingerprint density at radius 3 is 2.57 bits per heavy atom. The molecule has 4 fully saturated rings. The average molecular weight is 433 g/mol. The number of anilines is 2. The summed E-state index contributed by atoms with van der Waals surface area (Å²) in [6.07, 6.45) is 3.72. The second-order valence-corrected chi connectivity index (χ2v) is 9.36. The van der Waals surface area contributed by atoms with Crippen LogP contribution in [-0.4, -0.2) is 90.2 Å². The summed E-state index contributed by atoms with van der Waals surface area (Å²) < 4.78 is 13.5. The van der Waals surface area contributed by atoms with Gasteiger partial charge >= 0.3 is 0 Å². The number of morpholine rings is 2. The van der Waals surface area contributed by atoms with E-state index in [2.05, 4.69) is 26.3 Å². The minimum absolute atomic E-state index is 0.313. The minimum atomic E-state index is 0.313. The van der Waals surface area contributed by atoms with Crippen molar-refractivity contribution in [2.24, 2.45) is 7.05 Å². The Morgan fingerprint density at radius 2 is 1.87 bits per heavy atom. The zero-order valence-electron chi connectivity index (χ0n) is 17.5. The molecule has 2 aromatic heterocycles. The van der Waals surface area contributed by atoms with Gasteiger partial charge in [0.15, 0.2) is 5.82 Å². The summed E-state index contributed by atoms with van der Waals surface area (Å²) in [5, 5.41) is 0.529. The van der Waals surface area contributed by atoms with Gasteiger partial charge in [-0.25, -0.2) is 9.97 Å². The molecule has 2 bridgehead atoms. The Labute approximate surface area is 181 Å². The summed E-state index contributed by atoms with van der Waals surface area (Å²) in [5.41, 5.74) is 2.01. The first kappa shape index (κ1) is 19.1. The van der Waals surface area contributed by atoms with Crippen molar-refractivity contribution in [2.75, 3.05) is 62.3 Å². The second-order valence-electron chi connectivity index (χ2n) is 8.97. The van der Waals surface area contributed by atoms with E-state index in [9.17, 15) is 0 Å². The average Bonchev–Trinajstić information content (AvgIpc) is 3.49. The van der Waals surface area contributed by atoms with Crippen molar-refractivity contribution in [2.45, 2.75) is 37.5 Å². The number of rotatable bonds is 3. The zero-order valence-corrected chi connectivity index (χ0v) is 18.2. The molecule has 0 saturated carbocycles. The third-order valence-corrected chi connectivity index (χ3v) is 7.47. The number of imidazole rings is 1. The lowest BCUT2D eigenvalue weighted by atomic mass is 10.0. The van der Waals surface area contributed by atoms with Crippen LogP contribution < -0.4 is 9.80 Å². The lowest BCUT2D eigenvalue weighted by Crippen LogP contribution is -2.49. The molecule has 0 aliphatic carbocycles. The minimum Gasteiger partial charge on any atom is -0.379 e. The maximum absolute atomic E-state index is 6.44. The van der Waals surface area contributed by atoms with Gasteiger partial charge in [0.1, 0.15) is 10.7 Å². The first-order valence-electron chi connectivity index (χ1n) is 11.2. The predicted octanol–water partition coefficient (Wildman–Crippen LogP) is 1.90. The van der Waals surface area contributed by atoms with Crippen molar-refractivity contribution >= 4 is 34.4 Å². The van der Waals surface area contributed by atoms with Crippen LogP contribution in [0.25, 0.3) is 11.0 Å². The highest BCUT2D eigenvalue weighted by atomic mass is 35.5. The van der Waals surface area contributed by atoms with Crippen LogP contribution in [0.1, 0.15) is 19.3 Å².